The summed E-state index contributed by atoms with van der Waals surface area (Å²) >= 11 is 0. The van der Waals surface area contributed by atoms with Crippen LogP contribution in [-0.2, 0) is 0 Å². The van der Waals surface area contributed by atoms with Crippen molar-refractivity contribution >= 4 is 23.2 Å². The Hall–Kier alpha value is -5.95. The molecule has 8 heterocycles. The van der Waals surface area contributed by atoms with Crippen molar-refractivity contribution in [2.24, 2.45) is 0 Å². The average Bonchev–Trinajstić information content (AvgIpc) is 3.87. The summed E-state index contributed by atoms with van der Waals surface area (Å²) in [6, 6.07) is 36.1. The highest BCUT2D eigenvalue weighted by atomic mass is 15.0. The van der Waals surface area contributed by atoms with E-state index in [1.165, 1.54) is 0 Å². The maximum Gasteiger partial charge on any atom is 0.258 e. The third-order valence-corrected chi connectivity index (χ3v) is 8.54. The fourth-order valence-corrected chi connectivity index (χ4v) is 6.33. The second-order valence-corrected chi connectivity index (χ2v) is 11.6. The molecule has 0 spiro atoms. The van der Waals surface area contributed by atoms with Gasteiger partial charge in [-0.3, -0.25) is 0 Å². The molecule has 1 aliphatic rings. The van der Waals surface area contributed by atoms with Crippen LogP contribution in [0.3, 0.4) is 0 Å². The van der Waals surface area contributed by atoms with E-state index in [4.69, 9.17) is 0 Å². The molecule has 45 heavy (non-hydrogen) atoms. The molecule has 0 aromatic carbocycles. The van der Waals surface area contributed by atoms with Crippen LogP contribution in [0.2, 0.25) is 0 Å². The van der Waals surface area contributed by atoms with Crippen molar-refractivity contribution in [3.63, 3.8) is 0 Å². The van der Waals surface area contributed by atoms with Gasteiger partial charge in [0.05, 0.1) is 0 Å². The third-order valence-electron chi connectivity index (χ3n) is 8.54. The number of H-pyrrole nitrogens is 4. The van der Waals surface area contributed by atoms with Gasteiger partial charge in [0.25, 0.3) is 17.1 Å². The zero-order valence-electron chi connectivity index (χ0n) is 25.5. The molecule has 1 aliphatic heterocycles. The number of aryl methyl sites for hydroxylation is 3. The highest BCUT2D eigenvalue weighted by Gasteiger charge is 2.26. The van der Waals surface area contributed by atoms with E-state index >= 15 is 0 Å². The van der Waals surface area contributed by atoms with Gasteiger partial charge in [-0.2, -0.15) is 13.7 Å². The molecular formula is C38H34N7+3. The summed E-state index contributed by atoms with van der Waals surface area (Å²) in [5.41, 5.74) is 10.6. The summed E-state index contributed by atoms with van der Waals surface area (Å²) in [6.07, 6.45) is 8.50. The van der Waals surface area contributed by atoms with Crippen molar-refractivity contribution in [2.75, 3.05) is 0 Å². The molecule has 4 N–H and O–H groups in total. The van der Waals surface area contributed by atoms with Gasteiger partial charge >= 0.3 is 0 Å². The minimum atomic E-state index is 1.00. The quantitative estimate of drug-likeness (QED) is 0.228. The van der Waals surface area contributed by atoms with E-state index in [1.807, 2.05) is 0 Å². The van der Waals surface area contributed by atoms with Crippen molar-refractivity contribution in [3.8, 4) is 0 Å². The summed E-state index contributed by atoms with van der Waals surface area (Å²) < 4.78 is 6.70. The van der Waals surface area contributed by atoms with E-state index in [9.17, 15) is 0 Å². The minimum Gasteiger partial charge on any atom is -0.350 e. The number of fused-ring (bicyclic) bond motifs is 8. The molecule has 0 radical (unpaired) electrons. The highest BCUT2D eigenvalue weighted by molar-refractivity contribution is 5.63. The highest BCUT2D eigenvalue weighted by Crippen LogP contribution is 2.15. The van der Waals surface area contributed by atoms with Crippen molar-refractivity contribution in [3.05, 3.63) is 183 Å². The normalized spacial score (nSPS) is 12.8. The lowest BCUT2D eigenvalue weighted by Crippen LogP contribution is -2.43. The predicted molar refractivity (Wildman–Crippen MR) is 173 cm³/mol. The monoisotopic (exact) mass is 588 g/mol. The van der Waals surface area contributed by atoms with Crippen LogP contribution in [0, 0.1) is 20.8 Å². The Morgan fingerprint density at radius 3 is 1.36 bits per heavy atom. The summed E-state index contributed by atoms with van der Waals surface area (Å²) in [7, 11) is 0. The molecule has 218 valence electrons. The van der Waals surface area contributed by atoms with E-state index in [2.05, 4.69) is 182 Å². The fraction of sp³-hybridized carbons (Fsp3) is 0.0789. The van der Waals surface area contributed by atoms with Gasteiger partial charge in [-0.25, -0.2) is 0 Å². The maximum atomic E-state index is 3.81. The fourth-order valence-electron chi connectivity index (χ4n) is 6.33. The lowest BCUT2D eigenvalue weighted by atomic mass is 10.2. The Morgan fingerprint density at radius 2 is 0.844 bits per heavy atom. The van der Waals surface area contributed by atoms with E-state index in [1.54, 1.807) is 0 Å². The second-order valence-electron chi connectivity index (χ2n) is 11.6. The Bertz CT molecular complexity index is 2480. The van der Waals surface area contributed by atoms with Gasteiger partial charge in [0.2, 0.25) is 0 Å². The molecule has 0 unspecified atom stereocenters. The van der Waals surface area contributed by atoms with Gasteiger partial charge in [0.15, 0.2) is 35.7 Å². The largest absolute Gasteiger partial charge is 0.350 e. The predicted octanol–water partition coefficient (Wildman–Crippen LogP) is 2.04. The van der Waals surface area contributed by atoms with Crippen molar-refractivity contribution in [2.45, 2.75) is 20.8 Å². The molecule has 8 bridgehead atoms. The topological polar surface area (TPSA) is 74.8 Å². The molecule has 7 aromatic rings. The SMILES string of the molecule is Cc1cccc[n+]1C1=c2ccc([nH]2)=Cc2ccc([nH]2)C([n+]2ccccc2C)=c2ccc([nH]2)=C([n+]2ccccc2C)c2ccc1[nH]2. The molecular weight excluding hydrogens is 554 g/mol. The number of hydrogen-bond donors (Lipinski definition) is 4. The smallest absolute Gasteiger partial charge is 0.258 e. The molecule has 0 fully saturated rings. The molecule has 0 amide bonds. The first-order valence-electron chi connectivity index (χ1n) is 15.2. The van der Waals surface area contributed by atoms with Crippen LogP contribution in [-0.4, -0.2) is 19.9 Å². The first-order chi connectivity index (χ1) is 22.0. The van der Waals surface area contributed by atoms with Gasteiger partial charge in [-0.1, -0.05) is 18.2 Å². The molecule has 0 saturated carbocycles. The number of hydrogen-bond acceptors (Lipinski definition) is 0. The first kappa shape index (κ1) is 26.7. The van der Waals surface area contributed by atoms with Crippen LogP contribution in [0.15, 0.2) is 122 Å². The third kappa shape index (κ3) is 4.66. The number of aromatic amines is 4. The first-order valence-corrected chi connectivity index (χ1v) is 15.2. The lowest BCUT2D eigenvalue weighted by molar-refractivity contribution is -0.587. The van der Waals surface area contributed by atoms with Crippen LogP contribution in [0.1, 0.15) is 39.9 Å². The molecule has 8 rings (SSSR count). The molecule has 7 nitrogen and oxygen atoms in total. The Morgan fingerprint density at radius 1 is 0.400 bits per heavy atom. The Balaban J connectivity index is 1.52. The Kier molecular flexibility index (Phi) is 6.31. The number of rotatable bonds is 3. The van der Waals surface area contributed by atoms with E-state index in [0.717, 1.165) is 78.3 Å². The zero-order valence-corrected chi connectivity index (χ0v) is 25.5. The van der Waals surface area contributed by atoms with Crippen LogP contribution in [0.5, 0.6) is 0 Å². The molecule has 0 atom stereocenters. The van der Waals surface area contributed by atoms with Crippen LogP contribution in [0.25, 0.3) is 23.2 Å². The van der Waals surface area contributed by atoms with Gasteiger partial charge in [-0.15, -0.1) is 0 Å². The average molecular weight is 589 g/mol. The number of nitrogens with zero attached hydrogens (tertiary/aromatic N) is 3. The summed E-state index contributed by atoms with van der Waals surface area (Å²) in [5, 5.41) is 4.04. The second kappa shape index (κ2) is 10.6. The van der Waals surface area contributed by atoms with Crippen LogP contribution >= 0.6 is 0 Å². The van der Waals surface area contributed by atoms with Crippen LogP contribution in [0.4, 0.5) is 0 Å². The summed E-state index contributed by atoms with van der Waals surface area (Å²) in [5.74, 6) is 0. The van der Waals surface area contributed by atoms with Gasteiger partial charge in [0.1, 0.15) is 33.1 Å². The van der Waals surface area contributed by atoms with Crippen molar-refractivity contribution in [1.29, 1.82) is 0 Å². The molecule has 7 aromatic heterocycles. The standard InChI is InChI=1S/C38H34N7/c1-25-10-4-7-21-43(25)36-30-15-13-28(39-30)24-29-14-16-31(40-29)37(44-22-8-5-11-26(44)2)33-18-20-35(42-33)38(34-19-17-32(36)41-34)45-23-9-6-12-27(45)3/h4-24,39-42H,1-3H3/q+3. The number of aromatic nitrogens is 7. The van der Waals surface area contributed by atoms with Crippen LogP contribution < -0.4 is 35.1 Å². The molecule has 0 saturated heterocycles. The van der Waals surface area contributed by atoms with Gasteiger partial charge < -0.3 is 19.9 Å². The molecule has 0 aliphatic carbocycles. The van der Waals surface area contributed by atoms with E-state index in [-0.39, 0.29) is 0 Å². The Labute approximate surface area is 260 Å². The summed E-state index contributed by atoms with van der Waals surface area (Å²) in [6.45, 7) is 6.40. The lowest BCUT2D eigenvalue weighted by Gasteiger charge is -2.04. The van der Waals surface area contributed by atoms with E-state index in [0.29, 0.717) is 0 Å². The summed E-state index contributed by atoms with van der Waals surface area (Å²) in [4.78, 5) is 15.0. The number of pyridine rings is 3. The zero-order chi connectivity index (χ0) is 30.5. The molecule has 7 heteroatoms. The minimum absolute atomic E-state index is 1.00. The van der Waals surface area contributed by atoms with Crippen molar-refractivity contribution in [1.82, 2.24) is 19.9 Å². The maximum absolute atomic E-state index is 3.81. The van der Waals surface area contributed by atoms with Gasteiger partial charge in [-0.05, 0) is 54.6 Å². The van der Waals surface area contributed by atoms with E-state index < -0.39 is 0 Å². The number of nitrogens with one attached hydrogen (secondary N) is 4. The van der Waals surface area contributed by atoms with Crippen molar-refractivity contribution < 1.29 is 13.7 Å². The van der Waals surface area contributed by atoms with Gasteiger partial charge in [0, 0.05) is 68.2 Å².